The van der Waals surface area contributed by atoms with Crippen LogP contribution in [0, 0.1) is 0 Å². The minimum absolute atomic E-state index is 0.0596. The molecule has 1 aromatic heterocycles. The first-order chi connectivity index (χ1) is 10.2. The Bertz CT molecular complexity index is 547. The summed E-state index contributed by atoms with van der Waals surface area (Å²) >= 11 is 0. The normalized spacial score (nSPS) is 11.9. The zero-order chi connectivity index (χ0) is 15.1. The Morgan fingerprint density at radius 2 is 2.00 bits per heavy atom. The maximum absolute atomic E-state index is 11.5. The second-order valence-corrected chi connectivity index (χ2v) is 5.16. The summed E-state index contributed by atoms with van der Waals surface area (Å²) in [4.78, 5) is 11.5. The molecule has 0 aliphatic rings. The first-order valence-corrected chi connectivity index (χ1v) is 7.32. The van der Waals surface area contributed by atoms with Gasteiger partial charge in [-0.25, -0.2) is 0 Å². The van der Waals surface area contributed by atoms with Gasteiger partial charge in [-0.15, -0.1) is 0 Å². The summed E-state index contributed by atoms with van der Waals surface area (Å²) in [5, 5.41) is 6.23. The molecule has 0 saturated carbocycles. The van der Waals surface area contributed by atoms with Crippen molar-refractivity contribution in [3.63, 3.8) is 0 Å². The molecule has 4 nitrogen and oxygen atoms in total. The van der Waals surface area contributed by atoms with Crippen molar-refractivity contribution in [2.45, 2.75) is 32.7 Å². The molecule has 0 fully saturated rings. The quantitative estimate of drug-likeness (QED) is 0.822. The lowest BCUT2D eigenvalue weighted by atomic mass is 10.1. The van der Waals surface area contributed by atoms with E-state index in [1.165, 1.54) is 0 Å². The number of benzene rings is 1. The second kappa shape index (κ2) is 7.53. The fraction of sp³-hybridized carbons (Fsp3) is 0.353. The standard InChI is InChI=1S/C17H22N2O2/c1-3-18-17(20)12-14-6-8-15(9-7-14)19-13(2)11-16-5-4-10-21-16/h4-10,13,19H,3,11-12H2,1-2H3,(H,18,20). The van der Waals surface area contributed by atoms with E-state index < -0.39 is 0 Å². The highest BCUT2D eigenvalue weighted by atomic mass is 16.3. The predicted octanol–water partition coefficient (Wildman–Crippen LogP) is 3.00. The van der Waals surface area contributed by atoms with Crippen molar-refractivity contribution in [1.82, 2.24) is 5.32 Å². The van der Waals surface area contributed by atoms with Gasteiger partial charge in [-0.3, -0.25) is 4.79 Å². The molecule has 4 heteroatoms. The Balaban J connectivity index is 1.85. The number of anilines is 1. The van der Waals surface area contributed by atoms with Crippen LogP contribution in [0.5, 0.6) is 0 Å². The van der Waals surface area contributed by atoms with E-state index in [2.05, 4.69) is 17.6 Å². The number of hydrogen-bond acceptors (Lipinski definition) is 3. The summed E-state index contributed by atoms with van der Waals surface area (Å²) in [6.07, 6.45) is 2.96. The van der Waals surface area contributed by atoms with Crippen LogP contribution in [0.4, 0.5) is 5.69 Å². The van der Waals surface area contributed by atoms with Gasteiger partial charge < -0.3 is 15.1 Å². The maximum atomic E-state index is 11.5. The van der Waals surface area contributed by atoms with Crippen molar-refractivity contribution >= 4 is 11.6 Å². The van der Waals surface area contributed by atoms with Crippen LogP contribution in [0.2, 0.25) is 0 Å². The van der Waals surface area contributed by atoms with Crippen molar-refractivity contribution < 1.29 is 9.21 Å². The van der Waals surface area contributed by atoms with Crippen molar-refractivity contribution in [1.29, 1.82) is 0 Å². The lowest BCUT2D eigenvalue weighted by Crippen LogP contribution is -2.24. The van der Waals surface area contributed by atoms with Crippen LogP contribution in [-0.2, 0) is 17.6 Å². The number of likely N-dealkylation sites (N-methyl/N-ethyl adjacent to an activating group) is 1. The van der Waals surface area contributed by atoms with E-state index in [1.54, 1.807) is 6.26 Å². The van der Waals surface area contributed by atoms with Gasteiger partial charge in [-0.2, -0.15) is 0 Å². The van der Waals surface area contributed by atoms with Crippen LogP contribution >= 0.6 is 0 Å². The summed E-state index contributed by atoms with van der Waals surface area (Å²) in [5.74, 6) is 1.03. The number of hydrogen-bond donors (Lipinski definition) is 2. The van der Waals surface area contributed by atoms with Gasteiger partial charge in [-0.05, 0) is 43.7 Å². The Morgan fingerprint density at radius 3 is 2.62 bits per heavy atom. The Labute approximate surface area is 125 Å². The summed E-state index contributed by atoms with van der Waals surface area (Å²) in [6.45, 7) is 4.71. The third-order valence-electron chi connectivity index (χ3n) is 3.19. The minimum atomic E-state index is 0.0596. The fourth-order valence-electron chi connectivity index (χ4n) is 2.23. The highest BCUT2D eigenvalue weighted by molar-refractivity contribution is 5.78. The summed E-state index contributed by atoms with van der Waals surface area (Å²) in [6, 6.07) is 12.1. The molecular weight excluding hydrogens is 264 g/mol. The van der Waals surface area contributed by atoms with E-state index in [-0.39, 0.29) is 11.9 Å². The Morgan fingerprint density at radius 1 is 1.24 bits per heavy atom. The van der Waals surface area contributed by atoms with Crippen LogP contribution < -0.4 is 10.6 Å². The van der Waals surface area contributed by atoms with E-state index >= 15 is 0 Å². The van der Waals surface area contributed by atoms with E-state index in [4.69, 9.17) is 4.42 Å². The highest BCUT2D eigenvalue weighted by Gasteiger charge is 2.06. The SMILES string of the molecule is CCNC(=O)Cc1ccc(NC(C)Cc2ccco2)cc1. The third-order valence-corrected chi connectivity index (χ3v) is 3.19. The van der Waals surface area contributed by atoms with E-state index in [1.807, 2.05) is 43.3 Å². The molecule has 1 aromatic carbocycles. The van der Waals surface area contributed by atoms with E-state index in [9.17, 15) is 4.79 Å². The van der Waals surface area contributed by atoms with Crippen molar-refractivity contribution in [3.05, 3.63) is 54.0 Å². The summed E-state index contributed by atoms with van der Waals surface area (Å²) < 4.78 is 5.34. The van der Waals surface area contributed by atoms with Crippen molar-refractivity contribution in [2.24, 2.45) is 0 Å². The molecule has 0 spiro atoms. The van der Waals surface area contributed by atoms with Gasteiger partial charge in [0.2, 0.25) is 5.91 Å². The topological polar surface area (TPSA) is 54.3 Å². The summed E-state index contributed by atoms with van der Waals surface area (Å²) in [5.41, 5.74) is 2.07. The molecule has 2 aromatic rings. The van der Waals surface area contributed by atoms with Gasteiger partial charge in [0.15, 0.2) is 0 Å². The highest BCUT2D eigenvalue weighted by Crippen LogP contribution is 2.13. The fourth-order valence-corrected chi connectivity index (χ4v) is 2.23. The molecular formula is C17H22N2O2. The van der Waals surface area contributed by atoms with Gasteiger partial charge in [0, 0.05) is 24.7 Å². The van der Waals surface area contributed by atoms with Crippen LogP contribution in [-0.4, -0.2) is 18.5 Å². The molecule has 21 heavy (non-hydrogen) atoms. The molecule has 0 bridgehead atoms. The first-order valence-electron chi connectivity index (χ1n) is 7.32. The first kappa shape index (κ1) is 15.2. The Hall–Kier alpha value is -2.23. The van der Waals surface area contributed by atoms with Gasteiger partial charge in [0.25, 0.3) is 0 Å². The predicted molar refractivity (Wildman–Crippen MR) is 84.3 cm³/mol. The Kier molecular flexibility index (Phi) is 5.43. The molecule has 1 atom stereocenters. The summed E-state index contributed by atoms with van der Waals surface area (Å²) in [7, 11) is 0. The van der Waals surface area contributed by atoms with Crippen LogP contribution in [0.15, 0.2) is 47.1 Å². The second-order valence-electron chi connectivity index (χ2n) is 5.16. The number of furan rings is 1. The number of nitrogens with one attached hydrogen (secondary N) is 2. The number of carbonyl (C=O) groups excluding carboxylic acids is 1. The van der Waals surface area contributed by atoms with Crippen LogP contribution in [0.3, 0.4) is 0 Å². The van der Waals surface area contributed by atoms with Crippen LogP contribution in [0.1, 0.15) is 25.2 Å². The number of carbonyl (C=O) groups is 1. The van der Waals surface area contributed by atoms with Gasteiger partial charge in [0.1, 0.15) is 5.76 Å². The third kappa shape index (κ3) is 4.99. The average Bonchev–Trinajstić information content (AvgIpc) is 2.94. The molecule has 1 unspecified atom stereocenters. The zero-order valence-corrected chi connectivity index (χ0v) is 12.6. The largest absolute Gasteiger partial charge is 0.469 e. The molecule has 1 amide bonds. The lowest BCUT2D eigenvalue weighted by Gasteiger charge is -2.14. The van der Waals surface area contributed by atoms with Crippen molar-refractivity contribution in [3.8, 4) is 0 Å². The van der Waals surface area contributed by atoms with Gasteiger partial charge >= 0.3 is 0 Å². The molecule has 0 aliphatic heterocycles. The smallest absolute Gasteiger partial charge is 0.224 e. The van der Waals surface area contributed by atoms with Gasteiger partial charge in [-0.1, -0.05) is 12.1 Å². The van der Waals surface area contributed by atoms with Crippen LogP contribution in [0.25, 0.3) is 0 Å². The molecule has 1 heterocycles. The molecule has 0 saturated heterocycles. The monoisotopic (exact) mass is 286 g/mol. The number of amides is 1. The lowest BCUT2D eigenvalue weighted by molar-refractivity contribution is -0.120. The molecule has 2 rings (SSSR count). The van der Waals surface area contributed by atoms with Gasteiger partial charge in [0.05, 0.1) is 12.7 Å². The maximum Gasteiger partial charge on any atom is 0.224 e. The van der Waals surface area contributed by atoms with E-state index in [0.29, 0.717) is 13.0 Å². The molecule has 2 N–H and O–H groups in total. The molecule has 0 radical (unpaired) electrons. The average molecular weight is 286 g/mol. The molecule has 112 valence electrons. The zero-order valence-electron chi connectivity index (χ0n) is 12.6. The van der Waals surface area contributed by atoms with E-state index in [0.717, 1.165) is 23.4 Å². The minimum Gasteiger partial charge on any atom is -0.469 e. The number of rotatable bonds is 7. The van der Waals surface area contributed by atoms with Crippen molar-refractivity contribution in [2.75, 3.05) is 11.9 Å². The molecule has 0 aliphatic carbocycles.